The van der Waals surface area contributed by atoms with Gasteiger partial charge in [-0.05, 0) is 58.1 Å². The molecule has 0 nitrogen and oxygen atoms in total. The Morgan fingerprint density at radius 3 is 1.52 bits per heavy atom. The van der Waals surface area contributed by atoms with Gasteiger partial charge in [-0.15, -0.1) is 0 Å². The topological polar surface area (TPSA) is 0 Å². The second-order valence-corrected chi connectivity index (χ2v) is 11.3. The Labute approximate surface area is 146 Å². The monoisotopic (exact) mass is 316 g/mol. The zero-order chi connectivity index (χ0) is 18.3. The van der Waals surface area contributed by atoms with Gasteiger partial charge in [0.1, 0.15) is 0 Å². The Hall–Kier alpha value is -0.780. The molecule has 0 aromatic heterocycles. The third kappa shape index (κ3) is 5.98. The summed E-state index contributed by atoms with van der Waals surface area (Å²) >= 11 is 0. The summed E-state index contributed by atoms with van der Waals surface area (Å²) in [5.74, 6) is 0. The first kappa shape index (κ1) is 20.3. The molecule has 0 radical (unpaired) electrons. The van der Waals surface area contributed by atoms with Crippen molar-refractivity contribution in [3.05, 3.63) is 34.9 Å². The van der Waals surface area contributed by atoms with E-state index in [1.54, 1.807) is 0 Å². The first-order chi connectivity index (χ1) is 10.0. The summed E-state index contributed by atoms with van der Waals surface area (Å²) in [6.45, 7) is 25.9. The fourth-order valence-electron chi connectivity index (χ4n) is 4.62. The van der Waals surface area contributed by atoms with E-state index in [1.165, 1.54) is 29.5 Å². The minimum atomic E-state index is 0.205. The average Bonchev–Trinajstić information content (AvgIpc) is 2.21. The number of benzene rings is 1. The van der Waals surface area contributed by atoms with E-state index in [-0.39, 0.29) is 10.8 Å². The molecule has 0 heterocycles. The Balaban J connectivity index is 3.28. The molecule has 23 heavy (non-hydrogen) atoms. The van der Waals surface area contributed by atoms with E-state index < -0.39 is 0 Å². The van der Waals surface area contributed by atoms with E-state index in [4.69, 9.17) is 0 Å². The van der Waals surface area contributed by atoms with Crippen LogP contribution in [0.2, 0.25) is 0 Å². The van der Waals surface area contributed by atoms with Gasteiger partial charge in [-0.3, -0.25) is 0 Å². The van der Waals surface area contributed by atoms with Crippen molar-refractivity contribution < 1.29 is 0 Å². The van der Waals surface area contributed by atoms with Crippen LogP contribution in [0.15, 0.2) is 18.2 Å². The molecule has 0 fully saturated rings. The first-order valence-electron chi connectivity index (χ1n) is 9.15. The van der Waals surface area contributed by atoms with Crippen LogP contribution in [0, 0.1) is 17.8 Å². The molecule has 0 atom stereocenters. The molecule has 1 aromatic rings. The molecule has 1 aromatic carbocycles. The minimum Gasteiger partial charge on any atom is -0.0601 e. The van der Waals surface area contributed by atoms with E-state index in [1.807, 2.05) is 0 Å². The molecular formula is C23H40. The predicted molar refractivity (Wildman–Crippen MR) is 105 cm³/mol. The SMILES string of the molecule is Cc1ccc(C(C)(C)CC(C)(C)C)cc1C(C)(C)CC(C)(C)C. The van der Waals surface area contributed by atoms with Crippen molar-refractivity contribution in [2.45, 2.75) is 99.8 Å². The van der Waals surface area contributed by atoms with Gasteiger partial charge in [0.25, 0.3) is 0 Å². The van der Waals surface area contributed by atoms with Crippen LogP contribution < -0.4 is 0 Å². The van der Waals surface area contributed by atoms with Crippen LogP contribution in [-0.4, -0.2) is 0 Å². The fraction of sp³-hybridized carbons (Fsp3) is 0.739. The lowest BCUT2D eigenvalue weighted by molar-refractivity contribution is 0.278. The highest BCUT2D eigenvalue weighted by atomic mass is 14.4. The Morgan fingerprint density at radius 1 is 0.652 bits per heavy atom. The molecule has 0 aliphatic heterocycles. The summed E-state index contributed by atoms with van der Waals surface area (Å²) < 4.78 is 0. The zero-order valence-electron chi connectivity index (χ0n) is 17.6. The molecule has 0 unspecified atom stereocenters. The summed E-state index contributed by atoms with van der Waals surface area (Å²) in [6.07, 6.45) is 2.40. The quantitative estimate of drug-likeness (QED) is 0.542. The number of hydrogen-bond acceptors (Lipinski definition) is 0. The minimum absolute atomic E-state index is 0.205. The predicted octanol–water partition coefficient (Wildman–Crippen LogP) is 7.42. The van der Waals surface area contributed by atoms with Crippen LogP contribution >= 0.6 is 0 Å². The van der Waals surface area contributed by atoms with Crippen molar-refractivity contribution in [2.24, 2.45) is 10.8 Å². The average molecular weight is 317 g/mol. The molecule has 0 N–H and O–H groups in total. The van der Waals surface area contributed by atoms with E-state index in [2.05, 4.69) is 94.4 Å². The Bertz CT molecular complexity index is 530. The molecule has 132 valence electrons. The van der Waals surface area contributed by atoms with Gasteiger partial charge in [0, 0.05) is 0 Å². The van der Waals surface area contributed by atoms with E-state index in [0.717, 1.165) is 0 Å². The van der Waals surface area contributed by atoms with Crippen molar-refractivity contribution >= 4 is 0 Å². The molecule has 0 saturated heterocycles. The van der Waals surface area contributed by atoms with Crippen LogP contribution in [0.4, 0.5) is 0 Å². The lowest BCUT2D eigenvalue weighted by Crippen LogP contribution is -2.28. The Morgan fingerprint density at radius 2 is 1.09 bits per heavy atom. The van der Waals surface area contributed by atoms with Crippen LogP contribution in [0.5, 0.6) is 0 Å². The molecule has 1 rings (SSSR count). The lowest BCUT2D eigenvalue weighted by Gasteiger charge is -2.37. The van der Waals surface area contributed by atoms with Crippen molar-refractivity contribution in [1.82, 2.24) is 0 Å². The van der Waals surface area contributed by atoms with Gasteiger partial charge >= 0.3 is 0 Å². The molecular weight excluding hydrogens is 276 g/mol. The van der Waals surface area contributed by atoms with Crippen LogP contribution in [0.25, 0.3) is 0 Å². The molecule has 0 aliphatic carbocycles. The standard InChI is InChI=1S/C23H40/c1-17-12-13-18(22(8,9)15-20(2,3)4)14-19(17)23(10,11)16-21(5,6)7/h12-14H,15-16H2,1-11H3. The van der Waals surface area contributed by atoms with Crippen LogP contribution in [0.3, 0.4) is 0 Å². The van der Waals surface area contributed by atoms with Gasteiger partial charge in [-0.2, -0.15) is 0 Å². The number of aryl methyl sites for hydroxylation is 1. The van der Waals surface area contributed by atoms with Crippen molar-refractivity contribution in [1.29, 1.82) is 0 Å². The highest BCUT2D eigenvalue weighted by Crippen LogP contribution is 2.41. The molecule has 0 saturated carbocycles. The van der Waals surface area contributed by atoms with Crippen LogP contribution in [0.1, 0.15) is 98.8 Å². The van der Waals surface area contributed by atoms with Gasteiger partial charge in [-0.1, -0.05) is 87.4 Å². The first-order valence-corrected chi connectivity index (χ1v) is 9.15. The summed E-state index contributed by atoms with van der Waals surface area (Å²) in [5.41, 5.74) is 5.52. The summed E-state index contributed by atoms with van der Waals surface area (Å²) in [5, 5.41) is 0. The van der Waals surface area contributed by atoms with E-state index >= 15 is 0 Å². The molecule has 0 bridgehead atoms. The van der Waals surface area contributed by atoms with E-state index in [0.29, 0.717) is 10.8 Å². The third-order valence-electron chi connectivity index (χ3n) is 4.69. The normalized spacial score (nSPS) is 14.2. The molecule has 0 aliphatic rings. The number of rotatable bonds is 4. The summed E-state index contributed by atoms with van der Waals surface area (Å²) in [4.78, 5) is 0. The summed E-state index contributed by atoms with van der Waals surface area (Å²) in [7, 11) is 0. The van der Waals surface area contributed by atoms with E-state index in [9.17, 15) is 0 Å². The third-order valence-corrected chi connectivity index (χ3v) is 4.69. The second kappa shape index (κ2) is 6.26. The van der Waals surface area contributed by atoms with Crippen molar-refractivity contribution in [3.63, 3.8) is 0 Å². The summed E-state index contributed by atoms with van der Waals surface area (Å²) in [6, 6.07) is 7.17. The lowest BCUT2D eigenvalue weighted by atomic mass is 9.68. The maximum absolute atomic E-state index is 2.49. The van der Waals surface area contributed by atoms with Gasteiger partial charge in [0.05, 0.1) is 0 Å². The smallest absolute Gasteiger partial charge is 0.00959 e. The van der Waals surface area contributed by atoms with Gasteiger partial charge in [0.2, 0.25) is 0 Å². The van der Waals surface area contributed by atoms with Crippen LogP contribution in [-0.2, 0) is 10.8 Å². The highest BCUT2D eigenvalue weighted by molar-refractivity contribution is 5.39. The van der Waals surface area contributed by atoms with Crippen molar-refractivity contribution in [3.8, 4) is 0 Å². The second-order valence-electron chi connectivity index (χ2n) is 11.3. The largest absolute Gasteiger partial charge is 0.0601 e. The Kier molecular flexibility index (Phi) is 5.52. The number of hydrogen-bond donors (Lipinski definition) is 0. The van der Waals surface area contributed by atoms with Gasteiger partial charge in [-0.25, -0.2) is 0 Å². The van der Waals surface area contributed by atoms with Gasteiger partial charge < -0.3 is 0 Å². The maximum Gasteiger partial charge on any atom is -0.00959 e. The maximum atomic E-state index is 2.49. The molecule has 0 amide bonds. The van der Waals surface area contributed by atoms with Gasteiger partial charge in [0.15, 0.2) is 0 Å². The highest BCUT2D eigenvalue weighted by Gasteiger charge is 2.31. The zero-order valence-corrected chi connectivity index (χ0v) is 17.6. The molecule has 0 spiro atoms. The van der Waals surface area contributed by atoms with Crippen molar-refractivity contribution in [2.75, 3.05) is 0 Å². The molecule has 0 heteroatoms. The fourth-order valence-corrected chi connectivity index (χ4v) is 4.62.